The van der Waals surface area contributed by atoms with Crippen molar-refractivity contribution in [1.82, 2.24) is 24.5 Å². The normalized spacial score (nSPS) is 12.2. The molecule has 2 rings (SSSR count). The molecule has 8 heteroatoms. The van der Waals surface area contributed by atoms with E-state index in [9.17, 15) is 0 Å². The Morgan fingerprint density at radius 1 is 1.30 bits per heavy atom. The highest BCUT2D eigenvalue weighted by molar-refractivity contribution is 5.37. The molecular weight excluding hydrogens is 258 g/mol. The Balaban J connectivity index is 2.14. The summed E-state index contributed by atoms with van der Waals surface area (Å²) in [6, 6.07) is 0. The average molecular weight is 277 g/mol. The number of aromatic nitrogens is 5. The van der Waals surface area contributed by atoms with Gasteiger partial charge in [0.25, 0.3) is 0 Å². The number of methoxy groups -OCH3 is 1. The van der Waals surface area contributed by atoms with Crippen molar-refractivity contribution in [1.29, 1.82) is 0 Å². The number of rotatable bonds is 7. The molecule has 2 heterocycles. The van der Waals surface area contributed by atoms with Gasteiger partial charge < -0.3 is 15.4 Å². The Morgan fingerprint density at radius 2 is 2.10 bits per heavy atom. The molecule has 2 N–H and O–H groups in total. The van der Waals surface area contributed by atoms with Gasteiger partial charge in [-0.15, -0.1) is 0 Å². The van der Waals surface area contributed by atoms with E-state index in [1.54, 1.807) is 37.4 Å². The van der Waals surface area contributed by atoms with Crippen molar-refractivity contribution in [3.05, 3.63) is 18.7 Å². The Morgan fingerprint density at radius 3 is 2.75 bits per heavy atom. The zero-order chi connectivity index (χ0) is 14.4. The predicted octanol–water partition coefficient (Wildman–Crippen LogP) is 0.793. The molecule has 20 heavy (non-hydrogen) atoms. The molecule has 8 nitrogen and oxygen atoms in total. The lowest BCUT2D eigenvalue weighted by atomic mass is 10.2. The Labute approximate surface area is 117 Å². The molecule has 0 aromatic carbocycles. The molecule has 1 unspecified atom stereocenters. The van der Waals surface area contributed by atoms with E-state index in [1.165, 1.54) is 0 Å². The average Bonchev–Trinajstić information content (AvgIpc) is 2.99. The van der Waals surface area contributed by atoms with Crippen LogP contribution in [0.3, 0.4) is 0 Å². The molecule has 0 aliphatic rings. The number of hydrogen-bond acceptors (Lipinski definition) is 7. The second kappa shape index (κ2) is 6.80. The van der Waals surface area contributed by atoms with E-state index >= 15 is 0 Å². The van der Waals surface area contributed by atoms with Gasteiger partial charge in [0.2, 0.25) is 17.8 Å². The lowest BCUT2D eigenvalue weighted by molar-refractivity contribution is 0.164. The highest BCUT2D eigenvalue weighted by Gasteiger charge is 2.08. The van der Waals surface area contributed by atoms with Crippen molar-refractivity contribution in [2.24, 2.45) is 5.92 Å². The molecule has 108 valence electrons. The molecule has 2 aromatic heterocycles. The summed E-state index contributed by atoms with van der Waals surface area (Å²) in [4.78, 5) is 16.9. The van der Waals surface area contributed by atoms with Crippen LogP contribution in [0.15, 0.2) is 18.7 Å². The molecule has 1 atom stereocenters. The monoisotopic (exact) mass is 277 g/mol. The van der Waals surface area contributed by atoms with E-state index in [2.05, 4.69) is 37.5 Å². The first-order chi connectivity index (χ1) is 9.72. The minimum Gasteiger partial charge on any atom is -0.384 e. The van der Waals surface area contributed by atoms with E-state index in [4.69, 9.17) is 4.74 Å². The maximum absolute atomic E-state index is 5.10. The van der Waals surface area contributed by atoms with Crippen LogP contribution < -0.4 is 10.6 Å². The molecule has 0 aliphatic heterocycles. The molecule has 0 spiro atoms. The smallest absolute Gasteiger partial charge is 0.241 e. The highest BCUT2D eigenvalue weighted by atomic mass is 16.5. The summed E-state index contributed by atoms with van der Waals surface area (Å²) in [6.07, 6.45) is 5.11. The lowest BCUT2D eigenvalue weighted by Gasteiger charge is -2.12. The summed E-state index contributed by atoms with van der Waals surface area (Å²) in [6.45, 7) is 3.50. The van der Waals surface area contributed by atoms with E-state index in [0.29, 0.717) is 30.4 Å². The van der Waals surface area contributed by atoms with Crippen molar-refractivity contribution >= 4 is 11.9 Å². The van der Waals surface area contributed by atoms with Gasteiger partial charge in [0, 0.05) is 33.1 Å². The van der Waals surface area contributed by atoms with Gasteiger partial charge in [0.15, 0.2) is 0 Å². The maximum atomic E-state index is 5.10. The SMILES string of the molecule is CNc1nc(NCC(C)COC)nc(-n2ccnc2)n1. The van der Waals surface area contributed by atoms with E-state index in [1.807, 2.05) is 0 Å². The number of ether oxygens (including phenoxy) is 1. The second-order valence-electron chi connectivity index (χ2n) is 4.44. The van der Waals surface area contributed by atoms with Crippen LogP contribution in [0.25, 0.3) is 5.95 Å². The van der Waals surface area contributed by atoms with Crippen molar-refractivity contribution in [2.45, 2.75) is 6.92 Å². The number of hydrogen-bond donors (Lipinski definition) is 2. The predicted molar refractivity (Wildman–Crippen MR) is 76.0 cm³/mol. The highest BCUT2D eigenvalue weighted by Crippen LogP contribution is 2.09. The Bertz CT molecular complexity index is 529. The van der Waals surface area contributed by atoms with Crippen molar-refractivity contribution < 1.29 is 4.74 Å². The quantitative estimate of drug-likeness (QED) is 0.773. The lowest BCUT2D eigenvalue weighted by Crippen LogP contribution is -2.18. The summed E-state index contributed by atoms with van der Waals surface area (Å²) < 4.78 is 6.83. The van der Waals surface area contributed by atoms with Gasteiger partial charge in [0.1, 0.15) is 6.33 Å². The van der Waals surface area contributed by atoms with Gasteiger partial charge >= 0.3 is 0 Å². The fraction of sp³-hybridized carbons (Fsp3) is 0.500. The van der Waals surface area contributed by atoms with Crippen LogP contribution in [0, 0.1) is 5.92 Å². The summed E-state index contributed by atoms with van der Waals surface area (Å²) in [5.41, 5.74) is 0. The van der Waals surface area contributed by atoms with Crippen molar-refractivity contribution in [3.8, 4) is 5.95 Å². The number of anilines is 2. The van der Waals surface area contributed by atoms with Crippen LogP contribution in [-0.2, 0) is 4.74 Å². The number of nitrogens with zero attached hydrogens (tertiary/aromatic N) is 5. The molecular formula is C12H19N7O. The Hall–Kier alpha value is -2.22. The Kier molecular flexibility index (Phi) is 4.83. The van der Waals surface area contributed by atoms with E-state index in [-0.39, 0.29) is 0 Å². The molecule has 0 aliphatic carbocycles. The topological polar surface area (TPSA) is 89.8 Å². The van der Waals surface area contributed by atoms with Gasteiger partial charge in [-0.05, 0) is 5.92 Å². The zero-order valence-corrected chi connectivity index (χ0v) is 11.9. The van der Waals surface area contributed by atoms with Crippen molar-refractivity contribution in [3.63, 3.8) is 0 Å². The van der Waals surface area contributed by atoms with Crippen LogP contribution in [0.4, 0.5) is 11.9 Å². The van der Waals surface area contributed by atoms with Gasteiger partial charge in [-0.2, -0.15) is 15.0 Å². The third-order valence-electron chi connectivity index (χ3n) is 2.64. The zero-order valence-electron chi connectivity index (χ0n) is 11.9. The van der Waals surface area contributed by atoms with Gasteiger partial charge in [-0.3, -0.25) is 4.57 Å². The standard InChI is InChI=1S/C12H19N7O/c1-9(7-20-3)6-15-11-16-10(13-2)17-12(18-11)19-5-4-14-8-19/h4-5,8-9H,6-7H2,1-3H3,(H2,13,15,16,17,18). The van der Waals surface area contributed by atoms with Gasteiger partial charge in [0.05, 0.1) is 6.61 Å². The van der Waals surface area contributed by atoms with Crippen LogP contribution >= 0.6 is 0 Å². The fourth-order valence-corrected chi connectivity index (χ4v) is 1.66. The summed E-state index contributed by atoms with van der Waals surface area (Å²) in [7, 11) is 3.46. The third-order valence-corrected chi connectivity index (χ3v) is 2.64. The molecule has 0 bridgehead atoms. The first-order valence-electron chi connectivity index (χ1n) is 6.38. The van der Waals surface area contributed by atoms with E-state index < -0.39 is 0 Å². The molecule has 0 saturated heterocycles. The molecule has 0 radical (unpaired) electrons. The van der Waals surface area contributed by atoms with E-state index in [0.717, 1.165) is 6.54 Å². The number of imidazole rings is 1. The molecule has 0 fully saturated rings. The number of nitrogens with one attached hydrogen (secondary N) is 2. The maximum Gasteiger partial charge on any atom is 0.241 e. The van der Waals surface area contributed by atoms with Crippen LogP contribution in [0.5, 0.6) is 0 Å². The summed E-state index contributed by atoms with van der Waals surface area (Å²) in [5.74, 6) is 1.91. The summed E-state index contributed by atoms with van der Waals surface area (Å²) >= 11 is 0. The largest absolute Gasteiger partial charge is 0.384 e. The summed E-state index contributed by atoms with van der Waals surface area (Å²) in [5, 5.41) is 6.11. The molecule has 0 saturated carbocycles. The van der Waals surface area contributed by atoms with Gasteiger partial charge in [-0.25, -0.2) is 4.98 Å². The van der Waals surface area contributed by atoms with Gasteiger partial charge in [-0.1, -0.05) is 6.92 Å². The minimum atomic E-state index is 0.367. The second-order valence-corrected chi connectivity index (χ2v) is 4.44. The van der Waals surface area contributed by atoms with Crippen molar-refractivity contribution in [2.75, 3.05) is 37.9 Å². The fourth-order valence-electron chi connectivity index (χ4n) is 1.66. The first-order valence-corrected chi connectivity index (χ1v) is 6.38. The molecule has 0 amide bonds. The minimum absolute atomic E-state index is 0.367. The van der Waals surface area contributed by atoms with Crippen LogP contribution in [-0.4, -0.2) is 51.8 Å². The molecule has 2 aromatic rings. The van der Waals surface area contributed by atoms with Crippen LogP contribution in [0.2, 0.25) is 0 Å². The van der Waals surface area contributed by atoms with Crippen LogP contribution in [0.1, 0.15) is 6.92 Å². The third kappa shape index (κ3) is 3.64. The first kappa shape index (κ1) is 14.2.